The van der Waals surface area contributed by atoms with E-state index in [1.807, 2.05) is 4.57 Å². The molecule has 106 valence electrons. The maximum Gasteiger partial charge on any atom is 0.201 e. The number of halogens is 2. The average molecular weight is 296 g/mol. The van der Waals surface area contributed by atoms with Crippen LogP contribution < -0.4 is 5.73 Å². The Bertz CT molecular complexity index is 683. The number of fused-ring (bicyclic) bond motifs is 1. The van der Waals surface area contributed by atoms with Crippen LogP contribution in [-0.4, -0.2) is 22.3 Å². The molecule has 6 heteroatoms. The van der Waals surface area contributed by atoms with Gasteiger partial charge >= 0.3 is 0 Å². The lowest BCUT2D eigenvalue weighted by atomic mass is 10.1. The Morgan fingerprint density at radius 3 is 2.90 bits per heavy atom. The predicted molar refractivity (Wildman–Crippen MR) is 75.2 cm³/mol. The molecule has 1 aliphatic heterocycles. The summed E-state index contributed by atoms with van der Waals surface area (Å²) in [4.78, 5) is 4.31. The number of hydrogen-bond donors (Lipinski definition) is 1. The topological polar surface area (TPSA) is 53.1 Å². The smallest absolute Gasteiger partial charge is 0.201 e. The van der Waals surface area contributed by atoms with Crippen LogP contribution in [0.15, 0.2) is 12.1 Å². The van der Waals surface area contributed by atoms with Gasteiger partial charge in [0.25, 0.3) is 0 Å². The van der Waals surface area contributed by atoms with Gasteiger partial charge in [-0.05, 0) is 31.2 Å². The van der Waals surface area contributed by atoms with Gasteiger partial charge in [-0.15, -0.1) is 0 Å². The minimum Gasteiger partial charge on any atom is -0.376 e. The van der Waals surface area contributed by atoms with Crippen LogP contribution in [0, 0.1) is 11.7 Å². The number of hydrogen-bond acceptors (Lipinski definition) is 3. The molecule has 2 atom stereocenters. The van der Waals surface area contributed by atoms with E-state index in [0.29, 0.717) is 22.9 Å². The van der Waals surface area contributed by atoms with Crippen molar-refractivity contribution in [3.05, 3.63) is 23.0 Å². The second kappa shape index (κ2) is 4.33. The standard InChI is InChI=1S/C14H15ClFN3O/c15-8-5-10-12(6-9(8)16)19(14(17)18-10)11-3-4-20-13(11)7-1-2-7/h5-7,11,13H,1-4H2,(H2,17,18). The van der Waals surface area contributed by atoms with Crippen LogP contribution in [0.3, 0.4) is 0 Å². The minimum absolute atomic E-state index is 0.0727. The van der Waals surface area contributed by atoms with Gasteiger partial charge in [0.05, 0.1) is 28.2 Å². The molecular formula is C14H15ClFN3O. The van der Waals surface area contributed by atoms with Gasteiger partial charge in [0, 0.05) is 12.7 Å². The summed E-state index contributed by atoms with van der Waals surface area (Å²) >= 11 is 5.81. The third kappa shape index (κ3) is 1.80. The van der Waals surface area contributed by atoms with Crippen molar-refractivity contribution in [3.63, 3.8) is 0 Å². The summed E-state index contributed by atoms with van der Waals surface area (Å²) in [6, 6.07) is 3.10. The van der Waals surface area contributed by atoms with Crippen LogP contribution in [0.25, 0.3) is 11.0 Å². The third-order valence-electron chi connectivity index (χ3n) is 4.28. The fourth-order valence-electron chi connectivity index (χ4n) is 3.21. The second-order valence-corrected chi connectivity index (χ2v) is 6.03. The van der Waals surface area contributed by atoms with Crippen molar-refractivity contribution in [2.24, 2.45) is 5.92 Å². The van der Waals surface area contributed by atoms with E-state index < -0.39 is 5.82 Å². The van der Waals surface area contributed by atoms with Gasteiger partial charge in [-0.1, -0.05) is 11.6 Å². The predicted octanol–water partition coefficient (Wildman–Crippen LogP) is 3.15. The van der Waals surface area contributed by atoms with Crippen LogP contribution in [-0.2, 0) is 4.74 Å². The van der Waals surface area contributed by atoms with Gasteiger partial charge in [0.2, 0.25) is 5.95 Å². The average Bonchev–Trinajstić information content (AvgIpc) is 3.06. The van der Waals surface area contributed by atoms with Gasteiger partial charge in [-0.2, -0.15) is 0 Å². The first-order valence-electron chi connectivity index (χ1n) is 6.89. The summed E-state index contributed by atoms with van der Waals surface area (Å²) in [5.74, 6) is 0.571. The zero-order chi connectivity index (χ0) is 13.9. The van der Waals surface area contributed by atoms with Crippen molar-refractivity contribution in [3.8, 4) is 0 Å². The number of aromatic nitrogens is 2. The van der Waals surface area contributed by atoms with Crippen LogP contribution in [0.5, 0.6) is 0 Å². The maximum atomic E-state index is 13.7. The van der Waals surface area contributed by atoms with E-state index in [-0.39, 0.29) is 17.2 Å². The molecule has 1 aromatic carbocycles. The lowest BCUT2D eigenvalue weighted by Gasteiger charge is -2.21. The Morgan fingerprint density at radius 2 is 2.15 bits per heavy atom. The quantitative estimate of drug-likeness (QED) is 0.926. The van der Waals surface area contributed by atoms with Gasteiger partial charge in [0.15, 0.2) is 0 Å². The molecule has 2 aliphatic rings. The molecule has 1 saturated carbocycles. The normalized spacial score (nSPS) is 26.5. The van der Waals surface area contributed by atoms with E-state index in [4.69, 9.17) is 22.1 Å². The van der Waals surface area contributed by atoms with Crippen molar-refractivity contribution in [2.45, 2.75) is 31.4 Å². The van der Waals surface area contributed by atoms with Gasteiger partial charge < -0.3 is 15.0 Å². The van der Waals surface area contributed by atoms with E-state index in [1.54, 1.807) is 0 Å². The molecule has 1 aromatic heterocycles. The summed E-state index contributed by atoms with van der Waals surface area (Å²) in [5, 5.41) is 0.0727. The van der Waals surface area contributed by atoms with Crippen LogP contribution >= 0.6 is 11.6 Å². The molecule has 0 bridgehead atoms. The number of nitrogens with zero attached hydrogens (tertiary/aromatic N) is 2. The summed E-state index contributed by atoms with van der Waals surface area (Å²) in [6.07, 6.45) is 3.47. The first-order valence-corrected chi connectivity index (χ1v) is 7.27. The molecule has 2 aromatic rings. The molecule has 0 radical (unpaired) electrons. The van der Waals surface area contributed by atoms with Crippen molar-refractivity contribution >= 4 is 28.6 Å². The number of ether oxygens (including phenoxy) is 1. The second-order valence-electron chi connectivity index (χ2n) is 5.62. The Balaban J connectivity index is 1.86. The highest BCUT2D eigenvalue weighted by Crippen LogP contribution is 2.45. The number of nitrogens with two attached hydrogens (primary N) is 1. The monoisotopic (exact) mass is 295 g/mol. The minimum atomic E-state index is -0.442. The Labute approximate surface area is 120 Å². The number of anilines is 1. The van der Waals surface area contributed by atoms with E-state index in [2.05, 4.69) is 4.98 Å². The van der Waals surface area contributed by atoms with E-state index >= 15 is 0 Å². The van der Waals surface area contributed by atoms with Crippen LogP contribution in [0.1, 0.15) is 25.3 Å². The van der Waals surface area contributed by atoms with Crippen molar-refractivity contribution in [1.82, 2.24) is 9.55 Å². The molecular weight excluding hydrogens is 281 g/mol. The third-order valence-corrected chi connectivity index (χ3v) is 4.57. The van der Waals surface area contributed by atoms with E-state index in [1.165, 1.54) is 25.0 Å². The SMILES string of the molecule is Nc1nc2cc(Cl)c(F)cc2n1C1CCOC1C1CC1. The molecule has 0 spiro atoms. The highest BCUT2D eigenvalue weighted by molar-refractivity contribution is 6.31. The molecule has 2 fully saturated rings. The van der Waals surface area contributed by atoms with Gasteiger partial charge in [-0.25, -0.2) is 9.37 Å². The molecule has 1 aliphatic carbocycles. The summed E-state index contributed by atoms with van der Waals surface area (Å²) < 4.78 is 21.5. The lowest BCUT2D eigenvalue weighted by molar-refractivity contribution is 0.0762. The number of benzene rings is 1. The fourth-order valence-corrected chi connectivity index (χ4v) is 3.37. The molecule has 2 N–H and O–H groups in total. The molecule has 2 unspecified atom stereocenters. The first-order chi connectivity index (χ1) is 9.65. The van der Waals surface area contributed by atoms with E-state index in [0.717, 1.165) is 13.0 Å². The number of imidazole rings is 1. The molecule has 4 nitrogen and oxygen atoms in total. The first kappa shape index (κ1) is 12.4. The molecule has 2 heterocycles. The number of nitrogen functional groups attached to an aromatic ring is 1. The highest BCUT2D eigenvalue weighted by Gasteiger charge is 2.42. The van der Waals surface area contributed by atoms with Crippen molar-refractivity contribution in [1.29, 1.82) is 0 Å². The Hall–Kier alpha value is -1.33. The molecule has 4 rings (SSSR count). The summed E-state index contributed by atoms with van der Waals surface area (Å²) in [5.41, 5.74) is 7.38. The lowest BCUT2D eigenvalue weighted by Crippen LogP contribution is -2.23. The fraction of sp³-hybridized carbons (Fsp3) is 0.500. The van der Waals surface area contributed by atoms with Crippen LogP contribution in [0.4, 0.5) is 10.3 Å². The summed E-state index contributed by atoms with van der Waals surface area (Å²) in [6.45, 7) is 0.723. The Kier molecular flexibility index (Phi) is 2.69. The van der Waals surface area contributed by atoms with Gasteiger partial charge in [0.1, 0.15) is 5.82 Å². The number of rotatable bonds is 2. The highest BCUT2D eigenvalue weighted by atomic mass is 35.5. The molecule has 20 heavy (non-hydrogen) atoms. The van der Waals surface area contributed by atoms with Gasteiger partial charge in [-0.3, -0.25) is 0 Å². The zero-order valence-electron chi connectivity index (χ0n) is 10.9. The van der Waals surface area contributed by atoms with Crippen LogP contribution in [0.2, 0.25) is 5.02 Å². The molecule has 0 amide bonds. The van der Waals surface area contributed by atoms with Crippen molar-refractivity contribution in [2.75, 3.05) is 12.3 Å². The largest absolute Gasteiger partial charge is 0.376 e. The van der Waals surface area contributed by atoms with Crippen molar-refractivity contribution < 1.29 is 9.13 Å². The maximum absolute atomic E-state index is 13.7. The Morgan fingerprint density at radius 1 is 1.35 bits per heavy atom. The molecule has 1 saturated heterocycles. The summed E-state index contributed by atoms with van der Waals surface area (Å²) in [7, 11) is 0. The zero-order valence-corrected chi connectivity index (χ0v) is 11.6. The van der Waals surface area contributed by atoms with E-state index in [9.17, 15) is 4.39 Å².